The van der Waals surface area contributed by atoms with Gasteiger partial charge in [0.05, 0.1) is 19.3 Å². The molecule has 1 aliphatic rings. The highest BCUT2D eigenvalue weighted by atomic mass is 16.5. The normalized spacial score (nSPS) is 20.7. The summed E-state index contributed by atoms with van der Waals surface area (Å²) in [4.78, 5) is 0. The number of benzene rings is 1. The quantitative estimate of drug-likeness (QED) is 0.873. The van der Waals surface area contributed by atoms with Crippen molar-refractivity contribution >= 4 is 0 Å². The lowest BCUT2D eigenvalue weighted by atomic mass is 10.1. The van der Waals surface area contributed by atoms with E-state index in [-0.39, 0.29) is 6.10 Å². The van der Waals surface area contributed by atoms with Gasteiger partial charge in [0.2, 0.25) is 0 Å². The number of hydrogen-bond acceptors (Lipinski definition) is 4. The Morgan fingerprint density at radius 2 is 2.28 bits per heavy atom. The molecule has 100 valence electrons. The standard InChI is InChI=1S/C14H20O4/c1-10(15)11-5-6-13(14(8-11)16-2)18-9-12-4-3-7-17-12/h5-6,8,10,12,15H,3-4,7,9H2,1-2H3/t10-,12?/m0/s1. The molecule has 0 aromatic heterocycles. The lowest BCUT2D eigenvalue weighted by Crippen LogP contribution is -2.16. The molecule has 1 aromatic carbocycles. The van der Waals surface area contributed by atoms with E-state index in [4.69, 9.17) is 14.2 Å². The number of aliphatic hydroxyl groups excluding tert-OH is 1. The average Bonchev–Trinajstić information content (AvgIpc) is 2.89. The smallest absolute Gasteiger partial charge is 0.161 e. The van der Waals surface area contributed by atoms with Crippen molar-refractivity contribution in [2.75, 3.05) is 20.3 Å². The molecule has 1 aliphatic heterocycles. The van der Waals surface area contributed by atoms with Crippen molar-refractivity contribution in [2.24, 2.45) is 0 Å². The van der Waals surface area contributed by atoms with Crippen molar-refractivity contribution in [3.63, 3.8) is 0 Å². The topological polar surface area (TPSA) is 47.9 Å². The van der Waals surface area contributed by atoms with Crippen molar-refractivity contribution in [3.05, 3.63) is 23.8 Å². The van der Waals surface area contributed by atoms with Gasteiger partial charge < -0.3 is 19.3 Å². The van der Waals surface area contributed by atoms with Crippen molar-refractivity contribution in [3.8, 4) is 11.5 Å². The highest BCUT2D eigenvalue weighted by Crippen LogP contribution is 2.30. The molecule has 0 spiro atoms. The third kappa shape index (κ3) is 3.15. The van der Waals surface area contributed by atoms with E-state index >= 15 is 0 Å². The van der Waals surface area contributed by atoms with E-state index < -0.39 is 6.10 Å². The Morgan fingerprint density at radius 1 is 1.44 bits per heavy atom. The SMILES string of the molecule is COc1cc([C@H](C)O)ccc1OCC1CCCO1. The Morgan fingerprint density at radius 3 is 2.89 bits per heavy atom. The van der Waals surface area contributed by atoms with Gasteiger partial charge in [-0.3, -0.25) is 0 Å². The van der Waals surface area contributed by atoms with Crippen LogP contribution in [0.1, 0.15) is 31.4 Å². The number of rotatable bonds is 5. The summed E-state index contributed by atoms with van der Waals surface area (Å²) in [5, 5.41) is 9.52. The van der Waals surface area contributed by atoms with Gasteiger partial charge in [-0.25, -0.2) is 0 Å². The molecule has 0 aliphatic carbocycles. The highest BCUT2D eigenvalue weighted by Gasteiger charge is 2.17. The van der Waals surface area contributed by atoms with Crippen LogP contribution in [0.4, 0.5) is 0 Å². The van der Waals surface area contributed by atoms with E-state index in [0.29, 0.717) is 18.1 Å². The largest absolute Gasteiger partial charge is 0.493 e. The lowest BCUT2D eigenvalue weighted by molar-refractivity contribution is 0.0669. The van der Waals surface area contributed by atoms with Crippen LogP contribution in [-0.4, -0.2) is 31.5 Å². The van der Waals surface area contributed by atoms with E-state index in [9.17, 15) is 5.11 Å². The van der Waals surface area contributed by atoms with Crippen LogP contribution in [0.5, 0.6) is 11.5 Å². The Bertz CT molecular complexity index is 383. The minimum Gasteiger partial charge on any atom is -0.493 e. The maximum Gasteiger partial charge on any atom is 0.161 e. The summed E-state index contributed by atoms with van der Waals surface area (Å²) in [6.07, 6.45) is 1.83. The van der Waals surface area contributed by atoms with Crippen LogP contribution in [-0.2, 0) is 4.74 Å². The second-order valence-corrected chi connectivity index (χ2v) is 4.53. The Hall–Kier alpha value is -1.26. The molecular formula is C14H20O4. The van der Waals surface area contributed by atoms with Crippen LogP contribution in [0, 0.1) is 0 Å². The Labute approximate surface area is 107 Å². The summed E-state index contributed by atoms with van der Waals surface area (Å²) in [5.41, 5.74) is 0.816. The molecule has 4 nitrogen and oxygen atoms in total. The first-order valence-electron chi connectivity index (χ1n) is 6.31. The number of hydrogen-bond donors (Lipinski definition) is 1. The minimum absolute atomic E-state index is 0.186. The predicted molar refractivity (Wildman–Crippen MR) is 68.1 cm³/mol. The van der Waals surface area contributed by atoms with E-state index in [1.165, 1.54) is 0 Å². The van der Waals surface area contributed by atoms with Crippen LogP contribution in [0.2, 0.25) is 0 Å². The Balaban J connectivity index is 2.02. The van der Waals surface area contributed by atoms with Crippen LogP contribution >= 0.6 is 0 Å². The maximum atomic E-state index is 9.52. The molecule has 0 radical (unpaired) electrons. The lowest BCUT2D eigenvalue weighted by Gasteiger charge is -2.15. The van der Waals surface area contributed by atoms with Gasteiger partial charge in [-0.05, 0) is 37.5 Å². The van der Waals surface area contributed by atoms with Gasteiger partial charge in [-0.2, -0.15) is 0 Å². The first kappa shape index (κ1) is 13.2. The molecule has 2 atom stereocenters. The number of ether oxygens (including phenoxy) is 3. The van der Waals surface area contributed by atoms with Crippen molar-refractivity contribution in [2.45, 2.75) is 32.0 Å². The summed E-state index contributed by atoms with van der Waals surface area (Å²) < 4.78 is 16.5. The van der Waals surface area contributed by atoms with Crippen molar-refractivity contribution < 1.29 is 19.3 Å². The van der Waals surface area contributed by atoms with E-state index in [1.807, 2.05) is 12.1 Å². The first-order valence-corrected chi connectivity index (χ1v) is 6.31. The van der Waals surface area contributed by atoms with Crippen molar-refractivity contribution in [1.29, 1.82) is 0 Å². The maximum absolute atomic E-state index is 9.52. The van der Waals surface area contributed by atoms with Gasteiger partial charge in [0.1, 0.15) is 6.61 Å². The van der Waals surface area contributed by atoms with E-state index in [0.717, 1.165) is 25.0 Å². The van der Waals surface area contributed by atoms with Crippen LogP contribution < -0.4 is 9.47 Å². The van der Waals surface area contributed by atoms with Crippen LogP contribution in [0.25, 0.3) is 0 Å². The fourth-order valence-corrected chi connectivity index (χ4v) is 2.02. The Kier molecular flexibility index (Phi) is 4.44. The van der Waals surface area contributed by atoms with Gasteiger partial charge in [0, 0.05) is 6.61 Å². The molecule has 18 heavy (non-hydrogen) atoms. The third-order valence-corrected chi connectivity index (χ3v) is 3.12. The van der Waals surface area contributed by atoms with Gasteiger partial charge in [0.15, 0.2) is 11.5 Å². The minimum atomic E-state index is -0.508. The fourth-order valence-electron chi connectivity index (χ4n) is 2.02. The molecular weight excluding hydrogens is 232 g/mol. The second kappa shape index (κ2) is 6.07. The zero-order valence-electron chi connectivity index (χ0n) is 10.9. The molecule has 2 rings (SSSR count). The monoisotopic (exact) mass is 252 g/mol. The summed E-state index contributed by atoms with van der Waals surface area (Å²) in [6.45, 7) is 3.10. The molecule has 1 unspecified atom stereocenters. The zero-order chi connectivity index (χ0) is 13.0. The molecule has 1 heterocycles. The molecule has 1 saturated heterocycles. The average molecular weight is 252 g/mol. The number of aliphatic hydroxyl groups is 1. The van der Waals surface area contributed by atoms with Crippen molar-refractivity contribution in [1.82, 2.24) is 0 Å². The van der Waals surface area contributed by atoms with Gasteiger partial charge >= 0.3 is 0 Å². The fraction of sp³-hybridized carbons (Fsp3) is 0.571. The molecule has 4 heteroatoms. The molecule has 1 N–H and O–H groups in total. The molecule has 0 amide bonds. The zero-order valence-corrected chi connectivity index (χ0v) is 10.9. The van der Waals surface area contributed by atoms with Gasteiger partial charge in [-0.1, -0.05) is 6.07 Å². The molecule has 0 bridgehead atoms. The highest BCUT2D eigenvalue weighted by molar-refractivity contribution is 5.43. The molecule has 0 saturated carbocycles. The second-order valence-electron chi connectivity index (χ2n) is 4.53. The number of methoxy groups -OCH3 is 1. The summed E-state index contributed by atoms with van der Waals surface area (Å²) in [5.74, 6) is 1.34. The van der Waals surface area contributed by atoms with E-state index in [1.54, 1.807) is 20.1 Å². The van der Waals surface area contributed by atoms with Gasteiger partial charge in [0.25, 0.3) is 0 Å². The van der Waals surface area contributed by atoms with Crippen LogP contribution in [0.15, 0.2) is 18.2 Å². The summed E-state index contributed by atoms with van der Waals surface area (Å²) in [6, 6.07) is 5.48. The van der Waals surface area contributed by atoms with Gasteiger partial charge in [-0.15, -0.1) is 0 Å². The third-order valence-electron chi connectivity index (χ3n) is 3.12. The molecule has 1 aromatic rings. The predicted octanol–water partition coefficient (Wildman–Crippen LogP) is 2.31. The first-order chi connectivity index (χ1) is 8.70. The summed E-state index contributed by atoms with van der Waals surface area (Å²) in [7, 11) is 1.60. The molecule has 1 fully saturated rings. The summed E-state index contributed by atoms with van der Waals surface area (Å²) >= 11 is 0. The van der Waals surface area contributed by atoms with Crippen LogP contribution in [0.3, 0.4) is 0 Å². The van der Waals surface area contributed by atoms with E-state index in [2.05, 4.69) is 0 Å².